The van der Waals surface area contributed by atoms with E-state index >= 15 is 0 Å². The zero-order valence-electron chi connectivity index (χ0n) is 17.5. The summed E-state index contributed by atoms with van der Waals surface area (Å²) in [6, 6.07) is 17.6. The van der Waals surface area contributed by atoms with Crippen LogP contribution in [0.5, 0.6) is 5.75 Å². The number of rotatable bonds is 5. The molecule has 0 saturated heterocycles. The summed E-state index contributed by atoms with van der Waals surface area (Å²) >= 11 is 0. The van der Waals surface area contributed by atoms with E-state index in [0.717, 1.165) is 0 Å². The Morgan fingerprint density at radius 2 is 1.74 bits per heavy atom. The van der Waals surface area contributed by atoms with Gasteiger partial charge in [-0.25, -0.2) is 9.07 Å². The van der Waals surface area contributed by atoms with Gasteiger partial charge in [0.05, 0.1) is 22.9 Å². The van der Waals surface area contributed by atoms with Gasteiger partial charge in [0.15, 0.2) is 0 Å². The second kappa shape index (κ2) is 8.11. The average molecular weight is 467 g/mol. The third-order valence-electron chi connectivity index (χ3n) is 5.63. The van der Waals surface area contributed by atoms with Crippen molar-refractivity contribution < 1.29 is 27.4 Å². The number of nitrogens with zero attached hydrogens (tertiary/aromatic N) is 3. The number of ether oxygens (including phenoxy) is 1. The summed E-state index contributed by atoms with van der Waals surface area (Å²) in [5.74, 6) is -0.238. The van der Waals surface area contributed by atoms with Gasteiger partial charge >= 0.3 is 6.18 Å². The Hall–Kier alpha value is -3.98. The highest BCUT2D eigenvalue weighted by Crippen LogP contribution is 2.41. The van der Waals surface area contributed by atoms with Gasteiger partial charge in [0.2, 0.25) is 5.60 Å². The van der Waals surface area contributed by atoms with Crippen LogP contribution in [0.2, 0.25) is 0 Å². The molecule has 0 aliphatic heterocycles. The fraction of sp³-hybridized carbons (Fsp3) is 0.120. The van der Waals surface area contributed by atoms with Crippen molar-refractivity contribution in [1.29, 1.82) is 0 Å². The van der Waals surface area contributed by atoms with Gasteiger partial charge in [-0.3, -0.25) is 4.98 Å². The molecule has 9 heteroatoms. The summed E-state index contributed by atoms with van der Waals surface area (Å²) in [5.41, 5.74) is -2.05. The summed E-state index contributed by atoms with van der Waals surface area (Å²) in [6.45, 7) is -1.05. The molecule has 3 aromatic carbocycles. The molecule has 1 atom stereocenters. The Morgan fingerprint density at radius 3 is 2.50 bits per heavy atom. The number of halogens is 4. The zero-order chi connectivity index (χ0) is 23.9. The van der Waals surface area contributed by atoms with Crippen LogP contribution in [0.25, 0.3) is 27.5 Å². The number of hydrogen-bond donors (Lipinski definition) is 1. The molecule has 2 aromatic heterocycles. The van der Waals surface area contributed by atoms with Crippen LogP contribution in [0.1, 0.15) is 5.56 Å². The van der Waals surface area contributed by atoms with Gasteiger partial charge in [-0.2, -0.15) is 18.3 Å². The van der Waals surface area contributed by atoms with Gasteiger partial charge in [-0.15, -0.1) is 0 Å². The first-order valence-electron chi connectivity index (χ1n) is 10.3. The molecule has 0 bridgehead atoms. The summed E-state index contributed by atoms with van der Waals surface area (Å²) < 4.78 is 62.6. The van der Waals surface area contributed by atoms with Crippen molar-refractivity contribution in [2.24, 2.45) is 0 Å². The minimum Gasteiger partial charge on any atom is -0.489 e. The molecule has 34 heavy (non-hydrogen) atoms. The van der Waals surface area contributed by atoms with Crippen molar-refractivity contribution in [3.05, 3.63) is 96.6 Å². The molecule has 0 aliphatic rings. The number of aromatic nitrogens is 3. The molecule has 0 saturated carbocycles. The molecule has 0 radical (unpaired) electrons. The van der Waals surface area contributed by atoms with Gasteiger partial charge in [0.25, 0.3) is 0 Å². The standard InChI is InChI=1S/C25H17F4N3O2/c26-18-7-9-19(10-8-18)32-22-11-6-17(13-16(22)14-31-32)24(33,25(27,28)29)15-34-23-5-1-4-21-20(23)3-2-12-30-21/h1-14,33H,15H2. The van der Waals surface area contributed by atoms with Crippen LogP contribution >= 0.6 is 0 Å². The van der Waals surface area contributed by atoms with E-state index in [9.17, 15) is 22.7 Å². The number of hydrogen-bond acceptors (Lipinski definition) is 4. The first-order valence-corrected chi connectivity index (χ1v) is 10.3. The SMILES string of the molecule is OC(COc1cccc2ncccc12)(c1ccc2c(cnn2-c2ccc(F)cc2)c1)C(F)(F)F. The maximum absolute atomic E-state index is 14.1. The maximum atomic E-state index is 14.1. The molecule has 0 aliphatic carbocycles. The van der Waals surface area contributed by atoms with E-state index < -0.39 is 24.2 Å². The fourth-order valence-electron chi connectivity index (χ4n) is 3.79. The number of pyridine rings is 1. The topological polar surface area (TPSA) is 60.2 Å². The van der Waals surface area contributed by atoms with E-state index in [-0.39, 0.29) is 11.3 Å². The van der Waals surface area contributed by atoms with Crippen molar-refractivity contribution in [2.75, 3.05) is 6.61 Å². The normalized spacial score (nSPS) is 13.8. The van der Waals surface area contributed by atoms with Crippen LogP contribution in [-0.4, -0.2) is 32.7 Å². The average Bonchev–Trinajstić information content (AvgIpc) is 3.25. The highest BCUT2D eigenvalue weighted by Gasteiger charge is 2.56. The molecule has 1 unspecified atom stereocenters. The predicted octanol–water partition coefficient (Wildman–Crippen LogP) is 5.54. The van der Waals surface area contributed by atoms with E-state index in [1.807, 2.05) is 0 Å². The van der Waals surface area contributed by atoms with Crippen LogP contribution in [0.15, 0.2) is 85.2 Å². The molecule has 1 N–H and O–H groups in total. The smallest absolute Gasteiger partial charge is 0.424 e. The third-order valence-corrected chi connectivity index (χ3v) is 5.63. The first-order chi connectivity index (χ1) is 16.3. The highest BCUT2D eigenvalue weighted by atomic mass is 19.4. The molecule has 5 nitrogen and oxygen atoms in total. The Labute approximate surface area is 190 Å². The van der Waals surface area contributed by atoms with E-state index in [2.05, 4.69) is 10.1 Å². The summed E-state index contributed by atoms with van der Waals surface area (Å²) in [6.07, 6.45) is -2.06. The van der Waals surface area contributed by atoms with Crippen molar-refractivity contribution >= 4 is 21.8 Å². The second-order valence-electron chi connectivity index (χ2n) is 7.78. The minimum atomic E-state index is -5.02. The lowest BCUT2D eigenvalue weighted by atomic mass is 9.93. The van der Waals surface area contributed by atoms with Crippen molar-refractivity contribution in [2.45, 2.75) is 11.8 Å². The van der Waals surface area contributed by atoms with Crippen molar-refractivity contribution in [3.8, 4) is 11.4 Å². The van der Waals surface area contributed by atoms with Crippen LogP contribution in [0, 0.1) is 5.82 Å². The van der Waals surface area contributed by atoms with Crippen molar-refractivity contribution in [1.82, 2.24) is 14.8 Å². The molecule has 0 fully saturated rings. The molecule has 0 amide bonds. The van der Waals surface area contributed by atoms with Crippen LogP contribution in [0.4, 0.5) is 17.6 Å². The quantitative estimate of drug-likeness (QED) is 0.345. The second-order valence-corrected chi connectivity index (χ2v) is 7.78. The minimum absolute atomic E-state index is 0.179. The molecule has 0 spiro atoms. The number of alkyl halides is 3. The lowest BCUT2D eigenvalue weighted by Crippen LogP contribution is -2.47. The van der Waals surface area contributed by atoms with Crippen LogP contribution < -0.4 is 4.74 Å². The molecular formula is C25H17F4N3O2. The van der Waals surface area contributed by atoms with E-state index in [4.69, 9.17) is 4.74 Å². The van der Waals surface area contributed by atoms with Crippen molar-refractivity contribution in [3.63, 3.8) is 0 Å². The van der Waals surface area contributed by atoms with Crippen LogP contribution in [-0.2, 0) is 5.60 Å². The van der Waals surface area contributed by atoms with Gasteiger partial charge in [0.1, 0.15) is 18.2 Å². The number of aliphatic hydroxyl groups is 1. The van der Waals surface area contributed by atoms with Gasteiger partial charge in [0, 0.05) is 17.0 Å². The van der Waals surface area contributed by atoms with Gasteiger partial charge in [-0.1, -0.05) is 12.1 Å². The predicted molar refractivity (Wildman–Crippen MR) is 118 cm³/mol. The van der Waals surface area contributed by atoms with E-state index in [1.165, 1.54) is 59.4 Å². The summed E-state index contributed by atoms with van der Waals surface area (Å²) in [7, 11) is 0. The largest absolute Gasteiger partial charge is 0.489 e. The lowest BCUT2D eigenvalue weighted by Gasteiger charge is -2.31. The third kappa shape index (κ3) is 3.73. The highest BCUT2D eigenvalue weighted by molar-refractivity contribution is 5.85. The molecule has 172 valence electrons. The van der Waals surface area contributed by atoms with E-state index in [1.54, 1.807) is 30.5 Å². The summed E-state index contributed by atoms with van der Waals surface area (Å²) in [5, 5.41) is 15.9. The van der Waals surface area contributed by atoms with Crippen LogP contribution in [0.3, 0.4) is 0 Å². The van der Waals surface area contributed by atoms with Gasteiger partial charge < -0.3 is 9.84 Å². The molecule has 2 heterocycles. The summed E-state index contributed by atoms with van der Waals surface area (Å²) in [4.78, 5) is 4.16. The van der Waals surface area contributed by atoms with Gasteiger partial charge in [-0.05, 0) is 66.2 Å². The number of benzene rings is 3. The fourth-order valence-corrected chi connectivity index (χ4v) is 3.79. The zero-order valence-corrected chi connectivity index (χ0v) is 17.5. The Bertz CT molecular complexity index is 1480. The first kappa shape index (κ1) is 21.8. The molecule has 5 aromatic rings. The number of fused-ring (bicyclic) bond motifs is 2. The maximum Gasteiger partial charge on any atom is 0.424 e. The Balaban J connectivity index is 1.51. The Kier molecular flexibility index (Phi) is 5.21. The monoisotopic (exact) mass is 467 g/mol. The molecule has 5 rings (SSSR count). The lowest BCUT2D eigenvalue weighted by molar-refractivity contribution is -0.275. The van der Waals surface area contributed by atoms with E-state index in [0.29, 0.717) is 27.5 Å². The molecular weight excluding hydrogens is 450 g/mol. The Morgan fingerprint density at radius 1 is 0.941 bits per heavy atom.